The predicted molar refractivity (Wildman–Crippen MR) is 113 cm³/mol. The Bertz CT molecular complexity index is 1350. The van der Waals surface area contributed by atoms with Crippen LogP contribution in [-0.2, 0) is 20.0 Å². The molecule has 0 unspecified atom stereocenters. The second-order valence-corrected chi connectivity index (χ2v) is 8.02. The Morgan fingerprint density at radius 1 is 1.22 bits per heavy atom. The highest BCUT2D eigenvalue weighted by Gasteiger charge is 2.31. The number of ether oxygens (including phenoxy) is 2. The molecule has 1 atom stereocenters. The Hall–Kier alpha value is -3.66. The van der Waals surface area contributed by atoms with Gasteiger partial charge in [-0.1, -0.05) is 0 Å². The van der Waals surface area contributed by atoms with Gasteiger partial charge in [-0.2, -0.15) is 5.10 Å². The molecular formula is C22H21FN6O3. The molecule has 10 heteroatoms. The minimum Gasteiger partial charge on any atom is -0.493 e. The summed E-state index contributed by atoms with van der Waals surface area (Å²) in [6.07, 6.45) is 2.07. The summed E-state index contributed by atoms with van der Waals surface area (Å²) >= 11 is 0. The van der Waals surface area contributed by atoms with E-state index in [1.54, 1.807) is 17.1 Å². The summed E-state index contributed by atoms with van der Waals surface area (Å²) in [6, 6.07) is 6.97. The van der Waals surface area contributed by atoms with Crippen LogP contribution in [0, 0.1) is 5.82 Å². The lowest BCUT2D eigenvalue weighted by Crippen LogP contribution is -2.13. The number of nitrogens with one attached hydrogen (secondary N) is 1. The molecule has 1 aromatic carbocycles. The number of hydrogen-bond donors (Lipinski definition) is 2. The van der Waals surface area contributed by atoms with Gasteiger partial charge in [0.25, 0.3) is 0 Å². The van der Waals surface area contributed by atoms with Gasteiger partial charge in [0.05, 0.1) is 30.5 Å². The minimum absolute atomic E-state index is 0.0244. The van der Waals surface area contributed by atoms with E-state index in [4.69, 9.17) is 9.47 Å². The lowest BCUT2D eigenvalue weighted by Gasteiger charge is -2.16. The maximum absolute atomic E-state index is 14.7. The maximum Gasteiger partial charge on any atom is 0.171 e. The van der Waals surface area contributed by atoms with Crippen LogP contribution in [0.3, 0.4) is 0 Å². The van der Waals surface area contributed by atoms with Gasteiger partial charge in [-0.05, 0) is 24.3 Å². The fourth-order valence-corrected chi connectivity index (χ4v) is 4.59. The molecule has 5 heterocycles. The van der Waals surface area contributed by atoms with Crippen molar-refractivity contribution < 1.29 is 19.0 Å². The van der Waals surface area contributed by atoms with Gasteiger partial charge in [-0.15, -0.1) is 10.2 Å². The van der Waals surface area contributed by atoms with E-state index in [1.807, 2.05) is 23.6 Å². The third kappa shape index (κ3) is 2.83. The molecule has 2 aliphatic rings. The number of hydrogen-bond acceptors (Lipinski definition) is 7. The first-order valence-electron chi connectivity index (χ1n) is 10.5. The SMILES string of the molecule is Cn1nc(CCO)cc1-c1cc2c(n3cnnc13)NCc1c(F)ccc3c1[C@@H](CO3)CO2. The van der Waals surface area contributed by atoms with Crippen molar-refractivity contribution in [3.8, 4) is 22.8 Å². The number of aliphatic hydroxyl groups is 1. The van der Waals surface area contributed by atoms with Crippen molar-refractivity contribution in [2.75, 3.05) is 25.1 Å². The fraction of sp³-hybridized carbons (Fsp3) is 0.318. The van der Waals surface area contributed by atoms with Crippen LogP contribution in [0.15, 0.2) is 30.6 Å². The molecule has 0 spiro atoms. The molecule has 0 saturated carbocycles. The molecule has 4 aromatic rings. The average molecular weight is 436 g/mol. The first-order valence-corrected chi connectivity index (χ1v) is 10.5. The fourth-order valence-electron chi connectivity index (χ4n) is 4.59. The van der Waals surface area contributed by atoms with Gasteiger partial charge in [0.1, 0.15) is 17.9 Å². The Morgan fingerprint density at radius 3 is 2.91 bits per heavy atom. The summed E-state index contributed by atoms with van der Waals surface area (Å²) in [5.41, 5.74) is 4.50. The van der Waals surface area contributed by atoms with Crippen LogP contribution in [-0.4, -0.2) is 49.3 Å². The Morgan fingerprint density at radius 2 is 2.06 bits per heavy atom. The number of fused-ring (bicyclic) bond motifs is 3. The number of nitrogens with zero attached hydrogens (tertiary/aromatic N) is 5. The second-order valence-electron chi connectivity index (χ2n) is 8.02. The quantitative estimate of drug-likeness (QED) is 0.508. The van der Waals surface area contributed by atoms with Crippen LogP contribution in [0.1, 0.15) is 22.7 Å². The second kappa shape index (κ2) is 7.20. The van der Waals surface area contributed by atoms with E-state index in [0.29, 0.717) is 48.2 Å². The van der Waals surface area contributed by atoms with Gasteiger partial charge >= 0.3 is 0 Å². The van der Waals surface area contributed by atoms with Crippen LogP contribution in [0.5, 0.6) is 11.5 Å². The summed E-state index contributed by atoms with van der Waals surface area (Å²) in [5.74, 6) is 1.65. The first-order chi connectivity index (χ1) is 15.6. The van der Waals surface area contributed by atoms with Crippen molar-refractivity contribution in [2.24, 2.45) is 7.05 Å². The number of rotatable bonds is 3. The number of aliphatic hydroxyl groups excluding tert-OH is 1. The molecule has 0 saturated heterocycles. The summed E-state index contributed by atoms with van der Waals surface area (Å²) < 4.78 is 30.3. The van der Waals surface area contributed by atoms with Crippen LogP contribution >= 0.6 is 0 Å². The van der Waals surface area contributed by atoms with Gasteiger partial charge < -0.3 is 19.9 Å². The van der Waals surface area contributed by atoms with E-state index in [-0.39, 0.29) is 24.9 Å². The van der Waals surface area contributed by atoms with Crippen molar-refractivity contribution >= 4 is 11.5 Å². The minimum atomic E-state index is -0.266. The molecule has 0 aliphatic carbocycles. The van der Waals surface area contributed by atoms with Crippen LogP contribution in [0.25, 0.3) is 16.9 Å². The molecule has 164 valence electrons. The highest BCUT2D eigenvalue weighted by atomic mass is 19.1. The highest BCUT2D eigenvalue weighted by molar-refractivity contribution is 5.80. The molecule has 3 aromatic heterocycles. The van der Waals surface area contributed by atoms with E-state index >= 15 is 0 Å². The predicted octanol–water partition coefficient (Wildman–Crippen LogP) is 2.28. The lowest BCUT2D eigenvalue weighted by atomic mass is 9.96. The summed E-state index contributed by atoms with van der Waals surface area (Å²) in [6.45, 7) is 1.11. The monoisotopic (exact) mass is 436 g/mol. The Balaban J connectivity index is 1.49. The third-order valence-electron chi connectivity index (χ3n) is 6.09. The van der Waals surface area contributed by atoms with Crippen molar-refractivity contribution in [3.05, 3.63) is 53.2 Å². The van der Waals surface area contributed by atoms with Crippen molar-refractivity contribution in [1.82, 2.24) is 24.4 Å². The molecule has 9 nitrogen and oxygen atoms in total. The van der Waals surface area contributed by atoms with Gasteiger partial charge in [0.2, 0.25) is 0 Å². The first kappa shape index (κ1) is 19.1. The lowest BCUT2D eigenvalue weighted by molar-refractivity contribution is 0.249. The zero-order valence-electron chi connectivity index (χ0n) is 17.4. The Labute approximate surface area is 182 Å². The van der Waals surface area contributed by atoms with E-state index in [0.717, 1.165) is 22.5 Å². The van der Waals surface area contributed by atoms with E-state index in [1.165, 1.54) is 6.07 Å². The molecule has 0 fully saturated rings. The maximum atomic E-state index is 14.7. The number of halogens is 1. The zero-order valence-corrected chi connectivity index (χ0v) is 17.4. The van der Waals surface area contributed by atoms with Crippen molar-refractivity contribution in [2.45, 2.75) is 18.9 Å². The van der Waals surface area contributed by atoms with Gasteiger partial charge in [0.15, 0.2) is 17.2 Å². The zero-order chi connectivity index (χ0) is 21.8. The normalized spacial score (nSPS) is 16.9. The molecule has 0 amide bonds. The van der Waals surface area contributed by atoms with Gasteiger partial charge in [-0.3, -0.25) is 9.08 Å². The van der Waals surface area contributed by atoms with Gasteiger partial charge in [0, 0.05) is 43.3 Å². The van der Waals surface area contributed by atoms with Crippen LogP contribution in [0.2, 0.25) is 0 Å². The van der Waals surface area contributed by atoms with E-state index in [9.17, 15) is 9.50 Å². The summed E-state index contributed by atoms with van der Waals surface area (Å²) in [7, 11) is 1.85. The number of pyridine rings is 1. The Kier molecular flexibility index (Phi) is 4.29. The highest BCUT2D eigenvalue weighted by Crippen LogP contribution is 2.41. The van der Waals surface area contributed by atoms with E-state index in [2.05, 4.69) is 20.6 Å². The largest absolute Gasteiger partial charge is 0.493 e. The molecule has 2 aliphatic heterocycles. The number of benzene rings is 1. The molecule has 2 N–H and O–H groups in total. The number of anilines is 1. The molecule has 0 radical (unpaired) electrons. The average Bonchev–Trinajstić information content (AvgIpc) is 3.50. The molecule has 6 rings (SSSR count). The topological polar surface area (TPSA) is 98.7 Å². The van der Waals surface area contributed by atoms with Crippen LogP contribution in [0.4, 0.5) is 10.2 Å². The summed E-state index contributed by atoms with van der Waals surface area (Å²) in [5, 5.41) is 25.5. The summed E-state index contributed by atoms with van der Waals surface area (Å²) in [4.78, 5) is 0. The van der Waals surface area contributed by atoms with Crippen molar-refractivity contribution in [1.29, 1.82) is 0 Å². The molecule has 0 bridgehead atoms. The van der Waals surface area contributed by atoms with Crippen molar-refractivity contribution in [3.63, 3.8) is 0 Å². The smallest absolute Gasteiger partial charge is 0.171 e. The van der Waals surface area contributed by atoms with Crippen LogP contribution < -0.4 is 14.8 Å². The standard InChI is InChI=1S/C22H21FN6O3/c1-28-17(6-13(27-28)4-5-30)14-7-19-22(29-11-25-26-21(14)29)24-8-15-16(23)2-3-18-20(15)12(9-31-18)10-32-19/h2-3,6-7,11-12,24,30H,4-5,8-10H2,1H3/t12-/m0/s1. The molecule has 32 heavy (non-hydrogen) atoms. The number of aryl methyl sites for hydroxylation is 1. The van der Waals surface area contributed by atoms with E-state index < -0.39 is 0 Å². The van der Waals surface area contributed by atoms with Gasteiger partial charge in [-0.25, -0.2) is 4.39 Å². The molecular weight excluding hydrogens is 415 g/mol. The third-order valence-corrected chi connectivity index (χ3v) is 6.09. The number of aromatic nitrogens is 5.